The van der Waals surface area contributed by atoms with E-state index in [1.807, 2.05) is 23.1 Å². The predicted molar refractivity (Wildman–Crippen MR) is 127 cm³/mol. The molecule has 0 bridgehead atoms. The first-order valence-corrected chi connectivity index (χ1v) is 11.2. The second-order valence-electron chi connectivity index (χ2n) is 8.38. The Morgan fingerprint density at radius 3 is 2.53 bits per heavy atom. The van der Waals surface area contributed by atoms with Crippen LogP contribution in [0.1, 0.15) is 18.4 Å². The molecule has 2 amide bonds. The second-order valence-corrected chi connectivity index (χ2v) is 8.38. The molecule has 0 radical (unpaired) electrons. The molecule has 1 unspecified atom stereocenters. The fourth-order valence-electron chi connectivity index (χ4n) is 4.10. The third-order valence-electron chi connectivity index (χ3n) is 5.98. The van der Waals surface area contributed by atoms with Crippen LogP contribution in [-0.2, 0) is 15.8 Å². The predicted octanol–water partition coefficient (Wildman–Crippen LogP) is 4.35. The van der Waals surface area contributed by atoms with Crippen LogP contribution < -0.4 is 15.0 Å². The van der Waals surface area contributed by atoms with E-state index in [1.54, 1.807) is 27.2 Å². The van der Waals surface area contributed by atoms with Crippen LogP contribution in [0.4, 0.5) is 24.5 Å². The van der Waals surface area contributed by atoms with E-state index < -0.39 is 23.7 Å². The van der Waals surface area contributed by atoms with Crippen LogP contribution in [0.3, 0.4) is 0 Å². The molecule has 36 heavy (non-hydrogen) atoms. The number of aryl methyl sites for hydroxylation is 1. The molecule has 0 aliphatic carbocycles. The Hall–Kier alpha value is -4.02. The normalized spacial score (nSPS) is 16.3. The van der Waals surface area contributed by atoms with E-state index >= 15 is 0 Å². The van der Waals surface area contributed by atoms with Gasteiger partial charge in [0.1, 0.15) is 11.8 Å². The molecule has 1 N–H and O–H groups in total. The van der Waals surface area contributed by atoms with Crippen LogP contribution in [0.15, 0.2) is 53.1 Å². The van der Waals surface area contributed by atoms with Crippen LogP contribution in [0, 0.1) is 6.92 Å². The highest BCUT2D eigenvalue weighted by Crippen LogP contribution is 2.35. The number of benzene rings is 2. The number of halogens is 3. The standard InChI is InChI=1S/C25H25F3N4O4/c1-15-24(34)31(14-23(33)30-18-6-4-17(5-7-18)25(26,27)28)10-11-32(15)19-8-9-20(21(12-19)35-3)22-13-29-16(2)36-22/h4-9,12-13,15H,10-11,14H2,1-3H3,(H,30,33). The zero-order chi connectivity index (χ0) is 26.0. The van der Waals surface area contributed by atoms with E-state index in [9.17, 15) is 22.8 Å². The average Bonchev–Trinajstić information content (AvgIpc) is 3.27. The molecule has 1 aliphatic rings. The van der Waals surface area contributed by atoms with Gasteiger partial charge in [0.05, 0.1) is 31.0 Å². The van der Waals surface area contributed by atoms with Gasteiger partial charge in [0.15, 0.2) is 11.7 Å². The number of nitrogens with one attached hydrogen (secondary N) is 1. The summed E-state index contributed by atoms with van der Waals surface area (Å²) >= 11 is 0. The van der Waals surface area contributed by atoms with E-state index in [0.29, 0.717) is 30.5 Å². The molecule has 3 aromatic rings. The van der Waals surface area contributed by atoms with Gasteiger partial charge in [-0.25, -0.2) is 4.98 Å². The summed E-state index contributed by atoms with van der Waals surface area (Å²) in [5.41, 5.74) is 0.934. The minimum atomic E-state index is -4.45. The molecular weight excluding hydrogens is 477 g/mol. The zero-order valence-electron chi connectivity index (χ0n) is 19.9. The number of amides is 2. The molecule has 1 fully saturated rings. The number of carbonyl (C=O) groups is 2. The highest BCUT2D eigenvalue weighted by atomic mass is 19.4. The number of methoxy groups -OCH3 is 1. The number of nitrogens with zero attached hydrogens (tertiary/aromatic N) is 3. The van der Waals surface area contributed by atoms with Crippen molar-refractivity contribution in [3.05, 3.63) is 60.1 Å². The first-order valence-electron chi connectivity index (χ1n) is 11.2. The lowest BCUT2D eigenvalue weighted by atomic mass is 10.1. The van der Waals surface area contributed by atoms with E-state index in [2.05, 4.69) is 10.3 Å². The lowest BCUT2D eigenvalue weighted by Crippen LogP contribution is -2.57. The summed E-state index contributed by atoms with van der Waals surface area (Å²) in [6.45, 7) is 4.08. The Morgan fingerprint density at radius 2 is 1.92 bits per heavy atom. The summed E-state index contributed by atoms with van der Waals surface area (Å²) in [6.07, 6.45) is -2.84. The number of alkyl halides is 3. The molecule has 8 nitrogen and oxygen atoms in total. The Bertz CT molecular complexity index is 1260. The lowest BCUT2D eigenvalue weighted by Gasteiger charge is -2.40. The van der Waals surface area contributed by atoms with Crippen LogP contribution >= 0.6 is 0 Å². The summed E-state index contributed by atoms with van der Waals surface area (Å²) in [6, 6.07) is 9.14. The van der Waals surface area contributed by atoms with Gasteiger partial charge in [-0.2, -0.15) is 13.2 Å². The van der Waals surface area contributed by atoms with Gasteiger partial charge < -0.3 is 24.3 Å². The van der Waals surface area contributed by atoms with Gasteiger partial charge in [-0.3, -0.25) is 9.59 Å². The van der Waals surface area contributed by atoms with Crippen molar-refractivity contribution in [3.8, 4) is 17.1 Å². The van der Waals surface area contributed by atoms with Gasteiger partial charge in [0.2, 0.25) is 11.8 Å². The number of hydrogen-bond acceptors (Lipinski definition) is 6. The Morgan fingerprint density at radius 1 is 1.19 bits per heavy atom. The van der Waals surface area contributed by atoms with Crippen LogP contribution in [0.2, 0.25) is 0 Å². The van der Waals surface area contributed by atoms with Gasteiger partial charge >= 0.3 is 6.18 Å². The maximum Gasteiger partial charge on any atom is 0.416 e. The molecule has 2 aromatic carbocycles. The van der Waals surface area contributed by atoms with Crippen molar-refractivity contribution in [2.75, 3.05) is 37.0 Å². The van der Waals surface area contributed by atoms with E-state index in [4.69, 9.17) is 9.15 Å². The quantitative estimate of drug-likeness (QED) is 0.539. The Balaban J connectivity index is 1.40. The molecule has 190 valence electrons. The van der Waals surface area contributed by atoms with E-state index in [-0.39, 0.29) is 18.1 Å². The van der Waals surface area contributed by atoms with Gasteiger partial charge in [0.25, 0.3) is 0 Å². The van der Waals surface area contributed by atoms with Crippen molar-refractivity contribution < 1.29 is 31.9 Å². The third-order valence-corrected chi connectivity index (χ3v) is 5.98. The Labute approximate surface area is 205 Å². The van der Waals surface area contributed by atoms with Crippen molar-refractivity contribution in [1.82, 2.24) is 9.88 Å². The molecule has 4 rings (SSSR count). The number of hydrogen-bond donors (Lipinski definition) is 1. The van der Waals surface area contributed by atoms with Gasteiger partial charge in [-0.1, -0.05) is 0 Å². The molecule has 1 atom stereocenters. The van der Waals surface area contributed by atoms with E-state index in [0.717, 1.165) is 23.4 Å². The van der Waals surface area contributed by atoms with Gasteiger partial charge in [0, 0.05) is 37.5 Å². The van der Waals surface area contributed by atoms with Crippen molar-refractivity contribution in [3.63, 3.8) is 0 Å². The van der Waals surface area contributed by atoms with Gasteiger partial charge in [-0.15, -0.1) is 0 Å². The van der Waals surface area contributed by atoms with Gasteiger partial charge in [-0.05, 0) is 43.3 Å². The number of carbonyl (C=O) groups excluding carboxylic acids is 2. The topological polar surface area (TPSA) is 87.9 Å². The summed E-state index contributed by atoms with van der Waals surface area (Å²) in [5, 5.41) is 2.54. The minimum absolute atomic E-state index is 0.203. The Kier molecular flexibility index (Phi) is 6.91. The fourth-order valence-corrected chi connectivity index (χ4v) is 4.10. The molecule has 1 saturated heterocycles. The monoisotopic (exact) mass is 502 g/mol. The van der Waals surface area contributed by atoms with Crippen LogP contribution in [0.5, 0.6) is 5.75 Å². The van der Waals surface area contributed by atoms with Crippen LogP contribution in [-0.4, -0.2) is 54.5 Å². The second kappa shape index (κ2) is 9.92. The fraction of sp³-hybridized carbons (Fsp3) is 0.320. The lowest BCUT2D eigenvalue weighted by molar-refractivity contribution is -0.137. The SMILES string of the molecule is COc1cc(N2CCN(CC(=O)Nc3ccc(C(F)(F)F)cc3)C(=O)C2C)ccc1-c1cnc(C)o1. The number of anilines is 2. The number of oxazole rings is 1. The number of piperazine rings is 1. The van der Waals surface area contributed by atoms with Crippen molar-refractivity contribution in [2.24, 2.45) is 0 Å². The van der Waals surface area contributed by atoms with Crippen molar-refractivity contribution >= 4 is 23.2 Å². The molecule has 0 saturated carbocycles. The smallest absolute Gasteiger partial charge is 0.416 e. The summed E-state index contributed by atoms with van der Waals surface area (Å²) in [7, 11) is 1.55. The van der Waals surface area contributed by atoms with E-state index in [1.165, 1.54) is 17.0 Å². The minimum Gasteiger partial charge on any atom is -0.496 e. The highest BCUT2D eigenvalue weighted by molar-refractivity contribution is 5.96. The maximum absolute atomic E-state index is 13.0. The summed E-state index contributed by atoms with van der Waals surface area (Å²) in [4.78, 5) is 32.9. The highest BCUT2D eigenvalue weighted by Gasteiger charge is 2.33. The first-order chi connectivity index (χ1) is 17.1. The largest absolute Gasteiger partial charge is 0.496 e. The third kappa shape index (κ3) is 5.29. The van der Waals surface area contributed by atoms with Crippen molar-refractivity contribution in [2.45, 2.75) is 26.1 Å². The molecule has 1 aromatic heterocycles. The first kappa shape index (κ1) is 25.1. The molecular formula is C25H25F3N4O4. The summed E-state index contributed by atoms with van der Waals surface area (Å²) < 4.78 is 49.3. The number of aromatic nitrogens is 1. The molecule has 11 heteroatoms. The average molecular weight is 502 g/mol. The maximum atomic E-state index is 13.0. The zero-order valence-corrected chi connectivity index (χ0v) is 19.9. The van der Waals surface area contributed by atoms with Crippen molar-refractivity contribution in [1.29, 1.82) is 0 Å². The summed E-state index contributed by atoms with van der Waals surface area (Å²) in [5.74, 6) is 0.953. The van der Waals surface area contributed by atoms with Crippen LogP contribution in [0.25, 0.3) is 11.3 Å². The number of ether oxygens (including phenoxy) is 1. The number of rotatable bonds is 6. The molecule has 1 aliphatic heterocycles. The molecule has 0 spiro atoms. The molecule has 2 heterocycles.